The molecule has 0 aliphatic rings. The van der Waals surface area contributed by atoms with Gasteiger partial charge in [-0.1, -0.05) is 19.8 Å². The zero-order chi connectivity index (χ0) is 18.8. The fraction of sp³-hybridized carbons (Fsp3) is 0.667. The maximum Gasteiger partial charge on any atom is 0.305 e. The molecule has 0 aliphatic heterocycles. The van der Waals surface area contributed by atoms with Crippen LogP contribution >= 0.6 is 0 Å². The molecule has 0 aliphatic carbocycles. The van der Waals surface area contributed by atoms with Crippen LogP contribution in [0.25, 0.3) is 0 Å². The molecule has 26 heavy (non-hydrogen) atoms. The number of ether oxygens (including phenoxy) is 1. The second-order valence-corrected chi connectivity index (χ2v) is 6.63. The third-order valence-corrected chi connectivity index (χ3v) is 4.52. The summed E-state index contributed by atoms with van der Waals surface area (Å²) in [5.41, 5.74) is -0.476. The van der Waals surface area contributed by atoms with Crippen molar-refractivity contribution in [3.63, 3.8) is 0 Å². The number of aryl methyl sites for hydroxylation is 1. The predicted octanol–water partition coefficient (Wildman–Crippen LogP) is 2.80. The van der Waals surface area contributed by atoms with Gasteiger partial charge >= 0.3 is 5.97 Å². The van der Waals surface area contributed by atoms with Crippen molar-refractivity contribution in [2.75, 3.05) is 7.11 Å². The molecule has 8 nitrogen and oxygen atoms in total. The van der Waals surface area contributed by atoms with Gasteiger partial charge in [0, 0.05) is 13.0 Å². The minimum absolute atomic E-state index is 0.207. The van der Waals surface area contributed by atoms with Gasteiger partial charge in [-0.05, 0) is 48.7 Å². The lowest BCUT2D eigenvalue weighted by Crippen LogP contribution is -2.42. The van der Waals surface area contributed by atoms with E-state index in [1.54, 1.807) is 6.26 Å². The minimum Gasteiger partial charge on any atom is -0.469 e. The summed E-state index contributed by atoms with van der Waals surface area (Å²) in [7, 11) is 1.41. The molecule has 8 heteroatoms. The molecule has 2 rings (SSSR count). The molecule has 0 amide bonds. The quantitative estimate of drug-likeness (QED) is 0.457. The predicted molar refractivity (Wildman–Crippen MR) is 96.1 cm³/mol. The van der Waals surface area contributed by atoms with Gasteiger partial charge in [0.2, 0.25) is 0 Å². The average Bonchev–Trinajstić information content (AvgIpc) is 3.32. The van der Waals surface area contributed by atoms with Crippen LogP contribution in [0.4, 0.5) is 0 Å². The maximum atomic E-state index is 11.5. The number of nitrogens with one attached hydrogen (secondary N) is 1. The lowest BCUT2D eigenvalue weighted by atomic mass is 9.93. The lowest BCUT2D eigenvalue weighted by Gasteiger charge is -2.29. The van der Waals surface area contributed by atoms with Crippen LogP contribution in [0.2, 0.25) is 0 Å². The van der Waals surface area contributed by atoms with Crippen LogP contribution in [0.15, 0.2) is 22.8 Å². The van der Waals surface area contributed by atoms with Crippen molar-refractivity contribution in [1.29, 1.82) is 0 Å². The summed E-state index contributed by atoms with van der Waals surface area (Å²) in [4.78, 5) is 11.5. The van der Waals surface area contributed by atoms with Crippen LogP contribution < -0.4 is 5.32 Å². The minimum atomic E-state index is -0.476. The molecule has 0 saturated carbocycles. The van der Waals surface area contributed by atoms with Crippen molar-refractivity contribution in [3.05, 3.63) is 30.0 Å². The van der Waals surface area contributed by atoms with Crippen molar-refractivity contribution < 1.29 is 13.9 Å². The summed E-state index contributed by atoms with van der Waals surface area (Å²) in [6, 6.07) is 3.78. The highest BCUT2D eigenvalue weighted by atomic mass is 16.5. The zero-order valence-electron chi connectivity index (χ0n) is 15.9. The number of aromatic nitrogens is 4. The molecule has 0 aromatic carbocycles. The van der Waals surface area contributed by atoms with Crippen molar-refractivity contribution >= 4 is 5.97 Å². The van der Waals surface area contributed by atoms with E-state index in [9.17, 15) is 4.79 Å². The second-order valence-electron chi connectivity index (χ2n) is 6.63. The van der Waals surface area contributed by atoms with E-state index < -0.39 is 5.54 Å². The van der Waals surface area contributed by atoms with Crippen LogP contribution in [-0.2, 0) is 28.2 Å². The van der Waals surface area contributed by atoms with E-state index in [-0.39, 0.29) is 5.97 Å². The number of tetrazole rings is 1. The number of hydrogen-bond donors (Lipinski definition) is 1. The smallest absolute Gasteiger partial charge is 0.305 e. The highest BCUT2D eigenvalue weighted by Crippen LogP contribution is 2.26. The maximum absolute atomic E-state index is 11.5. The molecule has 0 spiro atoms. The van der Waals surface area contributed by atoms with Gasteiger partial charge in [-0.25, -0.2) is 4.68 Å². The number of unbranched alkanes of at least 4 members (excludes halogenated alkanes) is 2. The first-order valence-corrected chi connectivity index (χ1v) is 9.20. The monoisotopic (exact) mass is 363 g/mol. The van der Waals surface area contributed by atoms with Crippen molar-refractivity contribution in [2.45, 2.75) is 71.0 Å². The van der Waals surface area contributed by atoms with Gasteiger partial charge in [0.1, 0.15) is 5.76 Å². The fourth-order valence-electron chi connectivity index (χ4n) is 2.92. The number of methoxy groups -OCH3 is 1. The number of furan rings is 1. The van der Waals surface area contributed by atoms with Gasteiger partial charge in [-0.2, -0.15) is 0 Å². The third-order valence-electron chi connectivity index (χ3n) is 4.52. The van der Waals surface area contributed by atoms with Gasteiger partial charge in [0.15, 0.2) is 5.82 Å². The molecular formula is C18H29N5O3. The molecule has 0 fully saturated rings. The zero-order valence-corrected chi connectivity index (χ0v) is 15.9. The Labute approximate surface area is 154 Å². The van der Waals surface area contributed by atoms with Crippen LogP contribution in [-0.4, -0.2) is 33.3 Å². The van der Waals surface area contributed by atoms with Crippen molar-refractivity contribution in [3.8, 4) is 0 Å². The number of rotatable bonds is 12. The van der Waals surface area contributed by atoms with Gasteiger partial charge in [0.25, 0.3) is 0 Å². The van der Waals surface area contributed by atoms with Crippen molar-refractivity contribution in [1.82, 2.24) is 25.5 Å². The Morgan fingerprint density at radius 1 is 1.38 bits per heavy atom. The molecule has 1 N–H and O–H groups in total. The van der Waals surface area contributed by atoms with E-state index >= 15 is 0 Å². The number of nitrogens with zero attached hydrogens (tertiary/aromatic N) is 4. The number of hydrogen-bond acceptors (Lipinski definition) is 7. The molecule has 0 radical (unpaired) electrons. The lowest BCUT2D eigenvalue weighted by molar-refractivity contribution is -0.140. The number of carbonyl (C=O) groups excluding carboxylic acids is 1. The SMILES string of the molecule is CCCCCn1nnnc1C(C)(CCCC(=O)OC)NCc1ccco1. The Kier molecular flexibility index (Phi) is 7.77. The molecular weight excluding hydrogens is 334 g/mol. The Bertz CT molecular complexity index is 656. The van der Waals surface area contributed by atoms with E-state index in [0.29, 0.717) is 25.8 Å². The second kappa shape index (κ2) is 10.1. The highest BCUT2D eigenvalue weighted by molar-refractivity contribution is 5.69. The molecule has 2 aromatic heterocycles. The molecule has 2 heterocycles. The first kappa shape index (κ1) is 20.1. The Balaban J connectivity index is 2.10. The summed E-state index contributed by atoms with van der Waals surface area (Å²) in [5, 5.41) is 15.8. The van der Waals surface area contributed by atoms with E-state index in [2.05, 4.69) is 34.7 Å². The summed E-state index contributed by atoms with van der Waals surface area (Å²) in [6.45, 7) is 5.58. The highest BCUT2D eigenvalue weighted by Gasteiger charge is 2.32. The summed E-state index contributed by atoms with van der Waals surface area (Å²) >= 11 is 0. The van der Waals surface area contributed by atoms with Gasteiger partial charge in [-0.15, -0.1) is 5.10 Å². The van der Waals surface area contributed by atoms with E-state index in [0.717, 1.165) is 37.4 Å². The normalized spacial score (nSPS) is 13.5. The molecule has 2 aromatic rings. The number of carbonyl (C=O) groups is 1. The summed E-state index contributed by atoms with van der Waals surface area (Å²) < 4.78 is 12.0. The first-order chi connectivity index (χ1) is 12.6. The summed E-state index contributed by atoms with van der Waals surface area (Å²) in [6.07, 6.45) is 6.72. The van der Waals surface area contributed by atoms with E-state index in [4.69, 9.17) is 9.15 Å². The Morgan fingerprint density at radius 2 is 2.23 bits per heavy atom. The Hall–Kier alpha value is -2.22. The first-order valence-electron chi connectivity index (χ1n) is 9.20. The van der Waals surface area contributed by atoms with Gasteiger partial charge in [0.05, 0.1) is 25.5 Å². The topological polar surface area (TPSA) is 95.1 Å². The standard InChI is InChI=1S/C18H29N5O3/c1-4-5-6-12-23-17(20-21-22-23)18(2,11-7-10-16(24)25-3)19-14-15-9-8-13-26-15/h8-9,13,19H,4-7,10-12,14H2,1-3H3. The number of esters is 1. The molecule has 0 bridgehead atoms. The molecule has 144 valence electrons. The Morgan fingerprint density at radius 3 is 2.92 bits per heavy atom. The van der Waals surface area contributed by atoms with Crippen LogP contribution in [0, 0.1) is 0 Å². The van der Waals surface area contributed by atoms with Gasteiger partial charge in [-0.3, -0.25) is 10.1 Å². The van der Waals surface area contributed by atoms with Gasteiger partial charge < -0.3 is 9.15 Å². The summed E-state index contributed by atoms with van der Waals surface area (Å²) in [5.74, 6) is 1.42. The van der Waals surface area contributed by atoms with E-state index in [1.165, 1.54) is 7.11 Å². The van der Waals surface area contributed by atoms with Crippen molar-refractivity contribution in [2.24, 2.45) is 0 Å². The fourth-order valence-corrected chi connectivity index (χ4v) is 2.92. The average molecular weight is 363 g/mol. The van der Waals surface area contributed by atoms with Crippen LogP contribution in [0.3, 0.4) is 0 Å². The van der Waals surface area contributed by atoms with Crippen LogP contribution in [0.5, 0.6) is 0 Å². The third kappa shape index (κ3) is 5.66. The largest absolute Gasteiger partial charge is 0.469 e. The molecule has 1 atom stereocenters. The molecule has 1 unspecified atom stereocenters. The van der Waals surface area contributed by atoms with E-state index in [1.807, 2.05) is 16.8 Å². The molecule has 0 saturated heterocycles. The van der Waals surface area contributed by atoms with Crippen LogP contribution in [0.1, 0.15) is 64.0 Å².